The van der Waals surface area contributed by atoms with Crippen LogP contribution in [0.25, 0.3) is 20.2 Å². The van der Waals surface area contributed by atoms with E-state index >= 15 is 0 Å². The molecule has 2 bridgehead atoms. The van der Waals surface area contributed by atoms with Crippen molar-refractivity contribution in [1.29, 1.82) is 0 Å². The Hall–Kier alpha value is -1.46. The number of benzene rings is 2. The minimum atomic E-state index is -0.657. The number of nitrogens with zero attached hydrogens (tertiary/aromatic N) is 1. The summed E-state index contributed by atoms with van der Waals surface area (Å²) < 4.78 is 8.63. The summed E-state index contributed by atoms with van der Waals surface area (Å²) in [5.41, 5.74) is 0.524. The molecule has 0 saturated carbocycles. The van der Waals surface area contributed by atoms with Crippen molar-refractivity contribution in [1.82, 2.24) is 4.90 Å². The Labute approximate surface area is 151 Å². The van der Waals surface area contributed by atoms with E-state index < -0.39 is 5.60 Å². The van der Waals surface area contributed by atoms with Crippen molar-refractivity contribution in [2.75, 3.05) is 26.2 Å². The average molecular weight is 353 g/mol. The average Bonchev–Trinajstić information content (AvgIpc) is 3.00. The fourth-order valence-electron chi connectivity index (χ4n) is 4.52. The van der Waals surface area contributed by atoms with Gasteiger partial charge in [0.05, 0.1) is 13.2 Å². The van der Waals surface area contributed by atoms with Gasteiger partial charge >= 0.3 is 0 Å². The van der Waals surface area contributed by atoms with Gasteiger partial charge in [0.25, 0.3) is 0 Å². The Morgan fingerprint density at radius 3 is 2.68 bits per heavy atom. The molecule has 0 radical (unpaired) electrons. The normalized spacial score (nSPS) is 28.8. The predicted molar refractivity (Wildman–Crippen MR) is 103 cm³/mol. The second kappa shape index (κ2) is 6.06. The van der Waals surface area contributed by atoms with E-state index in [1.165, 1.54) is 25.7 Å². The second-order valence-corrected chi connectivity index (χ2v) is 8.66. The van der Waals surface area contributed by atoms with Crippen LogP contribution in [0, 0.1) is 5.92 Å². The van der Waals surface area contributed by atoms with E-state index in [0.717, 1.165) is 32.5 Å². The largest absolute Gasteiger partial charge is 0.386 e. The van der Waals surface area contributed by atoms with Crippen LogP contribution in [0.2, 0.25) is 0 Å². The molecule has 4 heteroatoms. The maximum absolute atomic E-state index is 11.0. The lowest BCUT2D eigenvalue weighted by atomic mass is 9.76. The van der Waals surface area contributed by atoms with Gasteiger partial charge in [0.15, 0.2) is 0 Å². The number of ether oxygens (including phenoxy) is 1. The first-order valence-electron chi connectivity index (χ1n) is 9.14. The van der Waals surface area contributed by atoms with Crippen molar-refractivity contribution in [3.05, 3.63) is 48.0 Å². The lowest BCUT2D eigenvalue weighted by Crippen LogP contribution is -2.61. The minimum Gasteiger partial charge on any atom is -0.386 e. The summed E-state index contributed by atoms with van der Waals surface area (Å²) in [4.78, 5) is 2.37. The summed E-state index contributed by atoms with van der Waals surface area (Å²) in [6, 6.07) is 15.2. The molecular weight excluding hydrogens is 330 g/mol. The van der Waals surface area contributed by atoms with E-state index in [1.807, 2.05) is 11.3 Å². The van der Waals surface area contributed by atoms with Gasteiger partial charge in [-0.2, -0.15) is 0 Å². The first kappa shape index (κ1) is 15.8. The zero-order chi connectivity index (χ0) is 16.9. The summed E-state index contributed by atoms with van der Waals surface area (Å²) in [5, 5.41) is 13.6. The fraction of sp³-hybridized carbons (Fsp3) is 0.429. The van der Waals surface area contributed by atoms with E-state index in [4.69, 9.17) is 4.74 Å². The molecule has 3 aromatic rings. The van der Waals surface area contributed by atoms with Crippen molar-refractivity contribution >= 4 is 31.5 Å². The summed E-state index contributed by atoms with van der Waals surface area (Å²) in [6.45, 7) is 4.04. The van der Waals surface area contributed by atoms with Gasteiger partial charge < -0.3 is 14.7 Å². The molecule has 1 atom stereocenters. The highest BCUT2D eigenvalue weighted by Gasteiger charge is 2.45. The Balaban J connectivity index is 1.32. The molecule has 130 valence electrons. The van der Waals surface area contributed by atoms with Gasteiger partial charge in [-0.3, -0.25) is 0 Å². The van der Waals surface area contributed by atoms with E-state index in [-0.39, 0.29) is 0 Å². The Bertz CT molecular complexity index is 913. The number of hydrogen-bond donors (Lipinski definition) is 1. The van der Waals surface area contributed by atoms with Gasteiger partial charge in [-0.25, -0.2) is 0 Å². The fourth-order valence-corrected chi connectivity index (χ4v) is 5.60. The molecule has 0 aliphatic carbocycles. The van der Waals surface area contributed by atoms with Crippen LogP contribution in [0.5, 0.6) is 0 Å². The first-order valence-corrected chi connectivity index (χ1v) is 9.96. The monoisotopic (exact) mass is 353 g/mol. The number of rotatable bonds is 4. The van der Waals surface area contributed by atoms with Gasteiger partial charge in [-0.15, -0.1) is 11.3 Å². The highest BCUT2D eigenvalue weighted by atomic mass is 32.1. The molecule has 4 heterocycles. The zero-order valence-corrected chi connectivity index (χ0v) is 15.1. The zero-order valence-electron chi connectivity index (χ0n) is 14.3. The molecule has 0 spiro atoms. The van der Waals surface area contributed by atoms with Gasteiger partial charge in [-0.1, -0.05) is 24.3 Å². The number of aliphatic hydroxyl groups is 1. The lowest BCUT2D eigenvalue weighted by Gasteiger charge is -2.50. The molecule has 3 saturated heterocycles. The highest BCUT2D eigenvalue weighted by Crippen LogP contribution is 2.36. The van der Waals surface area contributed by atoms with Crippen molar-refractivity contribution in [2.24, 2.45) is 5.92 Å². The molecule has 6 rings (SSSR count). The standard InChI is InChI=1S/C21H23NO2S/c23-21(13-22-9-7-16(21)8-10-22)14-24-12-15-5-6-20-18(11-15)17-3-1-2-4-19(17)25-20/h1-6,11,16,23H,7-10,12-14H2. The molecule has 1 unspecified atom stereocenters. The SMILES string of the molecule is OC1(COCc2ccc3sc4ccccc4c3c2)CN2CCC1CC2. The molecule has 25 heavy (non-hydrogen) atoms. The second-order valence-electron chi connectivity index (χ2n) is 7.58. The summed E-state index contributed by atoms with van der Waals surface area (Å²) >= 11 is 1.84. The maximum Gasteiger partial charge on any atom is 0.103 e. The van der Waals surface area contributed by atoms with Crippen molar-refractivity contribution in [3.8, 4) is 0 Å². The third-order valence-corrected chi connectivity index (χ3v) is 7.06. The third-order valence-electron chi connectivity index (χ3n) is 5.91. The number of fused-ring (bicyclic) bond motifs is 6. The summed E-state index contributed by atoms with van der Waals surface area (Å²) in [7, 11) is 0. The van der Waals surface area contributed by atoms with Crippen LogP contribution < -0.4 is 0 Å². The Morgan fingerprint density at radius 1 is 1.08 bits per heavy atom. The predicted octanol–water partition coefficient (Wildman–Crippen LogP) is 4.03. The van der Waals surface area contributed by atoms with E-state index in [2.05, 4.69) is 47.4 Å². The van der Waals surface area contributed by atoms with Crippen molar-refractivity contribution < 1.29 is 9.84 Å². The molecule has 3 aliphatic heterocycles. The molecule has 3 aliphatic rings. The molecule has 2 aromatic carbocycles. The van der Waals surface area contributed by atoms with Crippen LogP contribution in [0.4, 0.5) is 0 Å². The Kier molecular flexibility index (Phi) is 3.82. The summed E-state index contributed by atoms with van der Waals surface area (Å²) in [6.07, 6.45) is 2.21. The Morgan fingerprint density at radius 2 is 1.88 bits per heavy atom. The van der Waals surface area contributed by atoms with Gasteiger partial charge in [0.2, 0.25) is 0 Å². The molecular formula is C21H23NO2S. The van der Waals surface area contributed by atoms with Crippen molar-refractivity contribution in [3.63, 3.8) is 0 Å². The maximum atomic E-state index is 11.0. The molecule has 0 amide bonds. The number of hydrogen-bond acceptors (Lipinski definition) is 4. The highest BCUT2D eigenvalue weighted by molar-refractivity contribution is 7.25. The van der Waals surface area contributed by atoms with Crippen LogP contribution in [-0.4, -0.2) is 41.8 Å². The first-order chi connectivity index (χ1) is 12.2. The van der Waals surface area contributed by atoms with E-state index in [9.17, 15) is 5.11 Å². The van der Waals surface area contributed by atoms with E-state index in [1.54, 1.807) is 0 Å². The lowest BCUT2D eigenvalue weighted by molar-refractivity contribution is -0.151. The van der Waals surface area contributed by atoms with Crippen LogP contribution in [-0.2, 0) is 11.3 Å². The van der Waals surface area contributed by atoms with Crippen LogP contribution in [0.3, 0.4) is 0 Å². The smallest absolute Gasteiger partial charge is 0.103 e. The van der Waals surface area contributed by atoms with Crippen LogP contribution >= 0.6 is 11.3 Å². The minimum absolute atomic E-state index is 0.404. The molecule has 1 aromatic heterocycles. The van der Waals surface area contributed by atoms with Crippen LogP contribution in [0.15, 0.2) is 42.5 Å². The quantitative estimate of drug-likeness (QED) is 0.769. The van der Waals surface area contributed by atoms with Gasteiger partial charge in [0, 0.05) is 26.7 Å². The van der Waals surface area contributed by atoms with Crippen molar-refractivity contribution in [2.45, 2.75) is 25.0 Å². The number of thiophene rings is 1. The molecule has 3 nitrogen and oxygen atoms in total. The molecule has 3 fully saturated rings. The van der Waals surface area contributed by atoms with Crippen LogP contribution in [0.1, 0.15) is 18.4 Å². The topological polar surface area (TPSA) is 32.7 Å². The van der Waals surface area contributed by atoms with E-state index in [0.29, 0.717) is 19.1 Å². The summed E-state index contributed by atoms with van der Waals surface area (Å²) in [5.74, 6) is 0.404. The van der Waals surface area contributed by atoms with Gasteiger partial charge in [0.1, 0.15) is 5.60 Å². The third kappa shape index (κ3) is 2.77. The molecule has 1 N–H and O–H groups in total. The number of piperidine rings is 3. The van der Waals surface area contributed by atoms with Gasteiger partial charge in [-0.05, 0) is 55.6 Å².